The van der Waals surface area contributed by atoms with Crippen molar-refractivity contribution < 1.29 is 22.4 Å². The average molecular weight is 474 g/mol. The molecule has 0 bridgehead atoms. The zero-order valence-electron chi connectivity index (χ0n) is 18.5. The van der Waals surface area contributed by atoms with Crippen LogP contribution < -0.4 is 4.90 Å². The van der Waals surface area contributed by atoms with Gasteiger partial charge in [0.1, 0.15) is 6.07 Å². The van der Waals surface area contributed by atoms with Crippen molar-refractivity contribution in [2.24, 2.45) is 0 Å². The number of rotatable bonds is 3. The Balaban J connectivity index is 2.07. The average Bonchev–Trinajstić information content (AvgIpc) is 3.15. The summed E-state index contributed by atoms with van der Waals surface area (Å²) < 4.78 is 49.5. The molecule has 2 aliphatic rings. The minimum absolute atomic E-state index is 0.0508. The van der Waals surface area contributed by atoms with Gasteiger partial charge in [0.15, 0.2) is 14.4 Å². The van der Waals surface area contributed by atoms with E-state index in [2.05, 4.69) is 0 Å². The third-order valence-corrected chi connectivity index (χ3v) is 11.8. The quantitative estimate of drug-likeness (QED) is 0.517. The fraction of sp³-hybridized carbons (Fsp3) is 0.619. The van der Waals surface area contributed by atoms with Crippen LogP contribution in [0.5, 0.6) is 0 Å². The standard InChI is InChI=1S/C21H27ClF3N3O2Si/c1-12-14(8-7-13(11-26)16(12)22)28-18(21(23,24)25)17-15(9-10-27(17)19(28)29)30-31(5,6)20(2,3)4/h7-8,15,17-18H,9-10H2,1-6H3/t15-,17-,18-/m0/s1. The third-order valence-electron chi connectivity index (χ3n) is 6.77. The topological polar surface area (TPSA) is 56.6 Å². The first kappa shape index (κ1) is 23.9. The molecule has 1 aromatic carbocycles. The molecule has 1 aromatic rings. The summed E-state index contributed by atoms with van der Waals surface area (Å²) in [6.45, 7) is 11.8. The van der Waals surface area contributed by atoms with Gasteiger partial charge in [-0.2, -0.15) is 18.4 Å². The Hall–Kier alpha value is -1.76. The summed E-state index contributed by atoms with van der Waals surface area (Å²) in [7, 11) is -2.36. The lowest BCUT2D eigenvalue weighted by atomic mass is 10.0. The Labute approximate surface area is 186 Å². The lowest BCUT2D eigenvalue weighted by molar-refractivity contribution is -0.156. The van der Waals surface area contributed by atoms with E-state index in [1.54, 1.807) is 0 Å². The number of alkyl halides is 3. The number of carbonyl (C=O) groups excluding carboxylic acids is 1. The first-order chi connectivity index (χ1) is 14.1. The number of amides is 2. The number of nitrogens with zero attached hydrogens (tertiary/aromatic N) is 3. The largest absolute Gasteiger partial charge is 0.412 e. The summed E-state index contributed by atoms with van der Waals surface area (Å²) in [6, 6.07) is 0.723. The van der Waals surface area contributed by atoms with E-state index in [0.717, 1.165) is 4.90 Å². The minimum atomic E-state index is -4.67. The predicted octanol–water partition coefficient (Wildman–Crippen LogP) is 5.86. The Morgan fingerprint density at radius 1 is 1.26 bits per heavy atom. The van der Waals surface area contributed by atoms with E-state index < -0.39 is 38.7 Å². The fourth-order valence-corrected chi connectivity index (χ4v) is 5.66. The molecule has 10 heteroatoms. The number of anilines is 1. The summed E-state index contributed by atoms with van der Waals surface area (Å²) in [6.07, 6.45) is -4.99. The van der Waals surface area contributed by atoms with Crippen molar-refractivity contribution in [1.82, 2.24) is 4.90 Å². The highest BCUT2D eigenvalue weighted by atomic mass is 35.5. The SMILES string of the molecule is Cc1c(N2C(=O)N3CC[C@H](O[Si](C)(C)C(C)(C)C)[C@H]3[C@H]2C(F)(F)F)ccc(C#N)c1Cl. The molecule has 31 heavy (non-hydrogen) atoms. The molecule has 0 spiro atoms. The van der Waals surface area contributed by atoms with Crippen molar-refractivity contribution in [2.75, 3.05) is 11.4 Å². The highest BCUT2D eigenvalue weighted by Gasteiger charge is 2.64. The van der Waals surface area contributed by atoms with Gasteiger partial charge < -0.3 is 9.33 Å². The number of fused-ring (bicyclic) bond motifs is 1. The molecule has 2 fully saturated rings. The zero-order chi connectivity index (χ0) is 23.5. The van der Waals surface area contributed by atoms with Crippen molar-refractivity contribution in [2.45, 2.75) is 76.6 Å². The van der Waals surface area contributed by atoms with E-state index in [4.69, 9.17) is 21.3 Å². The maximum Gasteiger partial charge on any atom is 0.411 e. The van der Waals surface area contributed by atoms with Crippen molar-refractivity contribution in [3.05, 3.63) is 28.3 Å². The molecule has 3 atom stereocenters. The Morgan fingerprint density at radius 3 is 2.39 bits per heavy atom. The van der Waals surface area contributed by atoms with E-state index in [9.17, 15) is 18.0 Å². The number of carbonyl (C=O) groups is 1. The van der Waals surface area contributed by atoms with Crippen LogP contribution in [0, 0.1) is 18.3 Å². The smallest absolute Gasteiger partial charge is 0.411 e. The summed E-state index contributed by atoms with van der Waals surface area (Å²) in [5.41, 5.74) is 0.487. The molecule has 0 saturated carbocycles. The van der Waals surface area contributed by atoms with Crippen molar-refractivity contribution >= 4 is 31.6 Å². The van der Waals surface area contributed by atoms with Gasteiger partial charge in [-0.3, -0.25) is 4.90 Å². The van der Waals surface area contributed by atoms with Crippen LogP contribution in [0.4, 0.5) is 23.7 Å². The van der Waals surface area contributed by atoms with Gasteiger partial charge in [0.25, 0.3) is 0 Å². The summed E-state index contributed by atoms with van der Waals surface area (Å²) in [5, 5.41) is 9.03. The molecule has 3 rings (SSSR count). The molecule has 0 unspecified atom stereocenters. The minimum Gasteiger partial charge on any atom is -0.412 e. The molecule has 0 radical (unpaired) electrons. The molecule has 0 aliphatic carbocycles. The van der Waals surface area contributed by atoms with Crippen molar-refractivity contribution in [3.63, 3.8) is 0 Å². The molecular formula is C21H27ClF3N3O2Si. The van der Waals surface area contributed by atoms with Crippen LogP contribution in [0.15, 0.2) is 12.1 Å². The third kappa shape index (κ3) is 3.94. The summed E-state index contributed by atoms with van der Waals surface area (Å²) in [4.78, 5) is 15.2. The second-order valence-electron chi connectivity index (χ2n) is 9.71. The molecular weight excluding hydrogens is 447 g/mol. The van der Waals surface area contributed by atoms with Crippen LogP contribution in [0.3, 0.4) is 0 Å². The van der Waals surface area contributed by atoms with E-state index >= 15 is 0 Å². The first-order valence-electron chi connectivity index (χ1n) is 10.2. The lowest BCUT2D eigenvalue weighted by Crippen LogP contribution is -2.54. The van der Waals surface area contributed by atoms with Gasteiger partial charge in [0, 0.05) is 6.54 Å². The number of nitriles is 1. The maximum atomic E-state index is 14.4. The van der Waals surface area contributed by atoms with Crippen molar-refractivity contribution in [3.8, 4) is 6.07 Å². The van der Waals surface area contributed by atoms with Crippen molar-refractivity contribution in [1.29, 1.82) is 5.26 Å². The molecule has 2 aliphatic heterocycles. The molecule has 2 amide bonds. The second-order valence-corrected chi connectivity index (χ2v) is 14.8. The Kier molecular flexibility index (Phi) is 5.92. The van der Waals surface area contributed by atoms with Crippen LogP contribution >= 0.6 is 11.6 Å². The zero-order valence-corrected chi connectivity index (χ0v) is 20.2. The van der Waals surface area contributed by atoms with E-state index in [1.807, 2.05) is 39.9 Å². The molecule has 0 aromatic heterocycles. The highest BCUT2D eigenvalue weighted by Crippen LogP contribution is 2.47. The molecule has 170 valence electrons. The number of urea groups is 1. The van der Waals surface area contributed by atoms with Gasteiger partial charge >= 0.3 is 12.2 Å². The van der Waals surface area contributed by atoms with Crippen LogP contribution in [0.25, 0.3) is 0 Å². The summed E-state index contributed by atoms with van der Waals surface area (Å²) in [5.74, 6) is 0. The number of halogens is 4. The van der Waals surface area contributed by atoms with E-state index in [-0.39, 0.29) is 33.4 Å². The Bertz CT molecular complexity index is 940. The van der Waals surface area contributed by atoms with Crippen LogP contribution in [-0.4, -0.2) is 50.2 Å². The van der Waals surface area contributed by atoms with Crippen LogP contribution in [0.2, 0.25) is 23.2 Å². The monoisotopic (exact) mass is 473 g/mol. The number of hydrogen-bond acceptors (Lipinski definition) is 3. The molecule has 5 nitrogen and oxygen atoms in total. The van der Waals surface area contributed by atoms with E-state index in [1.165, 1.54) is 24.0 Å². The predicted molar refractivity (Wildman–Crippen MR) is 116 cm³/mol. The van der Waals surface area contributed by atoms with Gasteiger partial charge in [-0.1, -0.05) is 32.4 Å². The lowest BCUT2D eigenvalue weighted by Gasteiger charge is -2.40. The first-order valence-corrected chi connectivity index (χ1v) is 13.4. The Morgan fingerprint density at radius 2 is 1.87 bits per heavy atom. The summed E-state index contributed by atoms with van der Waals surface area (Å²) >= 11 is 6.20. The normalized spacial score (nSPS) is 24.5. The fourth-order valence-electron chi connectivity index (χ4n) is 4.09. The van der Waals surface area contributed by atoms with Gasteiger partial charge in [-0.25, -0.2) is 4.79 Å². The number of hydrogen-bond donors (Lipinski definition) is 0. The second kappa shape index (κ2) is 7.68. The van der Waals surface area contributed by atoms with Crippen LogP contribution in [-0.2, 0) is 4.43 Å². The maximum absolute atomic E-state index is 14.4. The van der Waals surface area contributed by atoms with Gasteiger partial charge in [-0.15, -0.1) is 0 Å². The molecule has 0 N–H and O–H groups in total. The highest BCUT2D eigenvalue weighted by molar-refractivity contribution is 6.74. The van der Waals surface area contributed by atoms with Crippen LogP contribution in [0.1, 0.15) is 38.3 Å². The number of benzene rings is 1. The van der Waals surface area contributed by atoms with Gasteiger partial charge in [0.05, 0.1) is 28.4 Å². The molecule has 2 heterocycles. The molecule has 2 saturated heterocycles. The van der Waals surface area contributed by atoms with Gasteiger partial charge in [0.2, 0.25) is 0 Å². The van der Waals surface area contributed by atoms with Gasteiger partial charge in [-0.05, 0) is 49.2 Å². The van der Waals surface area contributed by atoms with E-state index in [0.29, 0.717) is 6.42 Å².